The van der Waals surface area contributed by atoms with Crippen LogP contribution in [0.15, 0.2) is 48.5 Å². The molecule has 0 unspecified atom stereocenters. The fourth-order valence-corrected chi connectivity index (χ4v) is 3.10. The molecule has 0 aliphatic rings. The van der Waals surface area contributed by atoms with Crippen molar-refractivity contribution in [1.82, 2.24) is 20.0 Å². The number of aryl methyl sites for hydroxylation is 1. The first-order chi connectivity index (χ1) is 13.8. The van der Waals surface area contributed by atoms with E-state index < -0.39 is 0 Å². The molecule has 3 aromatic rings. The lowest BCUT2D eigenvalue weighted by Gasteiger charge is -2.11. The van der Waals surface area contributed by atoms with E-state index in [1.807, 2.05) is 12.1 Å². The van der Waals surface area contributed by atoms with Gasteiger partial charge in [-0.15, -0.1) is 0 Å². The lowest BCUT2D eigenvalue weighted by molar-refractivity contribution is 0.0827. The van der Waals surface area contributed by atoms with Gasteiger partial charge in [-0.05, 0) is 55.8 Å². The summed E-state index contributed by atoms with van der Waals surface area (Å²) in [5.74, 6) is -0.631. The second-order valence-electron chi connectivity index (χ2n) is 7.01. The quantitative estimate of drug-likeness (QED) is 0.722. The molecule has 0 aliphatic heterocycles. The van der Waals surface area contributed by atoms with Crippen LogP contribution < -0.4 is 5.32 Å². The predicted octanol–water partition coefficient (Wildman–Crippen LogP) is 3.26. The summed E-state index contributed by atoms with van der Waals surface area (Å²) < 4.78 is 14.8. The number of rotatable bonds is 5. The molecule has 7 heteroatoms. The van der Waals surface area contributed by atoms with E-state index in [0.29, 0.717) is 34.7 Å². The molecular formula is C22H23FN4O2. The van der Waals surface area contributed by atoms with Crippen molar-refractivity contribution in [2.75, 3.05) is 14.1 Å². The maximum Gasteiger partial charge on any atom is 0.255 e. The molecule has 0 saturated carbocycles. The van der Waals surface area contributed by atoms with Gasteiger partial charge < -0.3 is 10.2 Å². The van der Waals surface area contributed by atoms with Crippen LogP contribution in [0.1, 0.15) is 37.7 Å². The average molecular weight is 394 g/mol. The van der Waals surface area contributed by atoms with Crippen molar-refractivity contribution in [2.24, 2.45) is 0 Å². The number of hydrogen-bond acceptors (Lipinski definition) is 3. The molecule has 3 rings (SSSR count). The summed E-state index contributed by atoms with van der Waals surface area (Å²) in [5.41, 5.74) is 3.93. The van der Waals surface area contributed by atoms with Gasteiger partial charge >= 0.3 is 0 Å². The smallest absolute Gasteiger partial charge is 0.255 e. The van der Waals surface area contributed by atoms with Crippen molar-refractivity contribution in [2.45, 2.75) is 20.4 Å². The summed E-state index contributed by atoms with van der Waals surface area (Å²) in [4.78, 5) is 26.2. The van der Waals surface area contributed by atoms with Gasteiger partial charge in [0.05, 0.1) is 22.6 Å². The number of carbonyl (C=O) groups is 2. The normalized spacial score (nSPS) is 10.7. The third kappa shape index (κ3) is 4.34. The van der Waals surface area contributed by atoms with Crippen LogP contribution in [0.4, 0.5) is 4.39 Å². The first-order valence-electron chi connectivity index (χ1n) is 9.19. The van der Waals surface area contributed by atoms with Gasteiger partial charge in [-0.25, -0.2) is 9.07 Å². The summed E-state index contributed by atoms with van der Waals surface area (Å²) in [5, 5.41) is 7.32. The minimum absolute atomic E-state index is 0.0694. The van der Waals surface area contributed by atoms with E-state index >= 15 is 0 Å². The maximum absolute atomic E-state index is 13.2. The zero-order valence-corrected chi connectivity index (χ0v) is 16.9. The van der Waals surface area contributed by atoms with Crippen LogP contribution in [0.3, 0.4) is 0 Å². The molecule has 0 fully saturated rings. The first-order valence-corrected chi connectivity index (χ1v) is 9.19. The molecule has 0 aliphatic carbocycles. The predicted molar refractivity (Wildman–Crippen MR) is 109 cm³/mol. The third-order valence-electron chi connectivity index (χ3n) is 4.65. The highest BCUT2D eigenvalue weighted by atomic mass is 19.1. The fraction of sp³-hybridized carbons (Fsp3) is 0.227. The lowest BCUT2D eigenvalue weighted by atomic mass is 10.1. The van der Waals surface area contributed by atoms with Gasteiger partial charge in [-0.1, -0.05) is 12.1 Å². The summed E-state index contributed by atoms with van der Waals surface area (Å²) in [6.07, 6.45) is 0. The van der Waals surface area contributed by atoms with Gasteiger partial charge in [0.2, 0.25) is 0 Å². The van der Waals surface area contributed by atoms with Crippen molar-refractivity contribution in [1.29, 1.82) is 0 Å². The van der Waals surface area contributed by atoms with Gasteiger partial charge in [0.1, 0.15) is 5.82 Å². The van der Waals surface area contributed by atoms with E-state index in [9.17, 15) is 14.0 Å². The number of nitrogens with zero attached hydrogens (tertiary/aromatic N) is 3. The van der Waals surface area contributed by atoms with Crippen LogP contribution in [0.2, 0.25) is 0 Å². The molecule has 0 bridgehead atoms. The second-order valence-corrected chi connectivity index (χ2v) is 7.01. The van der Waals surface area contributed by atoms with Crippen LogP contribution in [-0.4, -0.2) is 40.6 Å². The summed E-state index contributed by atoms with van der Waals surface area (Å²) >= 11 is 0. The van der Waals surface area contributed by atoms with Gasteiger partial charge in [-0.3, -0.25) is 9.59 Å². The number of halogens is 1. The summed E-state index contributed by atoms with van der Waals surface area (Å²) in [7, 11) is 3.40. The second kappa shape index (κ2) is 8.26. The van der Waals surface area contributed by atoms with Crippen molar-refractivity contribution < 1.29 is 14.0 Å². The minimum atomic E-state index is -0.327. The van der Waals surface area contributed by atoms with E-state index in [1.54, 1.807) is 56.9 Å². The van der Waals surface area contributed by atoms with E-state index in [2.05, 4.69) is 10.4 Å². The number of nitrogens with one attached hydrogen (secondary N) is 1. The maximum atomic E-state index is 13.2. The number of amides is 2. The van der Waals surface area contributed by atoms with Gasteiger partial charge in [0.25, 0.3) is 11.8 Å². The molecule has 0 spiro atoms. The van der Waals surface area contributed by atoms with Crippen molar-refractivity contribution in [3.8, 4) is 5.69 Å². The minimum Gasteiger partial charge on any atom is -0.348 e. The molecule has 6 nitrogen and oxygen atoms in total. The molecule has 150 valence electrons. The van der Waals surface area contributed by atoms with Crippen LogP contribution in [0, 0.1) is 19.7 Å². The molecule has 0 atom stereocenters. The highest BCUT2D eigenvalue weighted by Crippen LogP contribution is 2.18. The highest BCUT2D eigenvalue weighted by molar-refractivity contribution is 5.96. The zero-order chi connectivity index (χ0) is 21.1. The topological polar surface area (TPSA) is 67.2 Å². The Balaban J connectivity index is 1.73. The molecule has 1 aromatic heterocycles. The fourth-order valence-electron chi connectivity index (χ4n) is 3.10. The Hall–Kier alpha value is -3.48. The largest absolute Gasteiger partial charge is 0.348 e. The molecule has 1 heterocycles. The first kappa shape index (κ1) is 20.3. The molecule has 0 saturated heterocycles. The van der Waals surface area contributed by atoms with Crippen LogP contribution in [0.5, 0.6) is 0 Å². The van der Waals surface area contributed by atoms with E-state index in [4.69, 9.17) is 0 Å². The SMILES string of the molecule is Cc1nn(-c2ccc(F)cc2)c(C)c1C(=O)NCc1ccc(C(=O)N(C)C)cc1. The van der Waals surface area contributed by atoms with E-state index in [-0.39, 0.29) is 17.6 Å². The summed E-state index contributed by atoms with van der Waals surface area (Å²) in [6, 6.07) is 13.1. The molecule has 29 heavy (non-hydrogen) atoms. The third-order valence-corrected chi connectivity index (χ3v) is 4.65. The monoisotopic (exact) mass is 394 g/mol. The molecular weight excluding hydrogens is 371 g/mol. The highest BCUT2D eigenvalue weighted by Gasteiger charge is 2.19. The Morgan fingerprint density at radius 3 is 2.24 bits per heavy atom. The Bertz CT molecular complexity index is 1040. The number of carbonyl (C=O) groups excluding carboxylic acids is 2. The van der Waals surface area contributed by atoms with Crippen molar-refractivity contribution in [3.05, 3.63) is 82.4 Å². The molecule has 2 amide bonds. The Morgan fingerprint density at radius 1 is 1.03 bits per heavy atom. The van der Waals surface area contributed by atoms with Gasteiger partial charge in [-0.2, -0.15) is 5.10 Å². The van der Waals surface area contributed by atoms with Crippen molar-refractivity contribution in [3.63, 3.8) is 0 Å². The standard InChI is InChI=1S/C22H23FN4O2/c1-14-20(15(2)27(25-14)19-11-9-18(23)10-12-19)21(28)24-13-16-5-7-17(8-6-16)22(29)26(3)4/h5-12H,13H2,1-4H3,(H,24,28). The van der Waals surface area contributed by atoms with E-state index in [1.165, 1.54) is 17.0 Å². The molecule has 1 N–H and O–H groups in total. The van der Waals surface area contributed by atoms with Gasteiger partial charge in [0.15, 0.2) is 0 Å². The Kier molecular flexibility index (Phi) is 5.77. The number of aromatic nitrogens is 2. The zero-order valence-electron chi connectivity index (χ0n) is 16.9. The molecule has 2 aromatic carbocycles. The Morgan fingerprint density at radius 2 is 1.66 bits per heavy atom. The molecule has 0 radical (unpaired) electrons. The Labute approximate surface area is 169 Å². The van der Waals surface area contributed by atoms with Crippen LogP contribution >= 0.6 is 0 Å². The van der Waals surface area contributed by atoms with Gasteiger partial charge in [0, 0.05) is 26.2 Å². The summed E-state index contributed by atoms with van der Waals surface area (Å²) in [6.45, 7) is 3.90. The average Bonchev–Trinajstić information content (AvgIpc) is 3.00. The van der Waals surface area contributed by atoms with Crippen LogP contribution in [-0.2, 0) is 6.54 Å². The number of hydrogen-bond donors (Lipinski definition) is 1. The van der Waals surface area contributed by atoms with E-state index in [0.717, 1.165) is 5.56 Å². The lowest BCUT2D eigenvalue weighted by Crippen LogP contribution is -2.24. The van der Waals surface area contributed by atoms with Crippen LogP contribution in [0.25, 0.3) is 5.69 Å². The number of benzene rings is 2. The van der Waals surface area contributed by atoms with Crippen molar-refractivity contribution >= 4 is 11.8 Å².